The molecule has 0 amide bonds. The molecule has 3 nitrogen and oxygen atoms in total. The Balaban J connectivity index is 1.92. The molecule has 1 aromatic rings. The van der Waals surface area contributed by atoms with Gasteiger partial charge in [-0.05, 0) is 45.4 Å². The van der Waals surface area contributed by atoms with E-state index in [9.17, 15) is 4.39 Å². The van der Waals surface area contributed by atoms with Crippen LogP contribution < -0.4 is 10.6 Å². The zero-order valence-corrected chi connectivity index (χ0v) is 12.3. The standard InChI is InChI=1S/C16H24FN3/c1-11(18)16-14(17)4-3-5-15(16)20-9-8-12-6-7-13(10-20)19(12)2/h3-5,11-13H,6-10,18H2,1-2H3. The van der Waals surface area contributed by atoms with Gasteiger partial charge in [0.15, 0.2) is 0 Å². The van der Waals surface area contributed by atoms with Crippen LogP contribution in [-0.2, 0) is 0 Å². The number of hydrogen-bond acceptors (Lipinski definition) is 3. The minimum absolute atomic E-state index is 0.180. The molecule has 2 saturated heterocycles. The van der Waals surface area contributed by atoms with Gasteiger partial charge in [0.2, 0.25) is 0 Å². The van der Waals surface area contributed by atoms with E-state index in [1.165, 1.54) is 18.9 Å². The van der Waals surface area contributed by atoms with Crippen LogP contribution in [0.4, 0.5) is 10.1 Å². The predicted molar refractivity (Wildman–Crippen MR) is 80.4 cm³/mol. The van der Waals surface area contributed by atoms with E-state index in [1.54, 1.807) is 6.07 Å². The number of rotatable bonds is 2. The Morgan fingerprint density at radius 1 is 1.25 bits per heavy atom. The number of halogens is 1. The van der Waals surface area contributed by atoms with E-state index in [0.29, 0.717) is 17.6 Å². The van der Waals surface area contributed by atoms with Gasteiger partial charge in [0.25, 0.3) is 0 Å². The van der Waals surface area contributed by atoms with E-state index in [1.807, 2.05) is 13.0 Å². The van der Waals surface area contributed by atoms with Crippen molar-refractivity contribution in [2.75, 3.05) is 25.0 Å². The second-order valence-corrected chi connectivity index (χ2v) is 6.25. The summed E-state index contributed by atoms with van der Waals surface area (Å²) in [5.74, 6) is -0.180. The summed E-state index contributed by atoms with van der Waals surface area (Å²) in [7, 11) is 2.23. The highest BCUT2D eigenvalue weighted by atomic mass is 19.1. The monoisotopic (exact) mass is 277 g/mol. The number of benzene rings is 1. The summed E-state index contributed by atoms with van der Waals surface area (Å²) in [6.07, 6.45) is 3.71. The van der Waals surface area contributed by atoms with Crippen LogP contribution in [0, 0.1) is 5.82 Å². The van der Waals surface area contributed by atoms with Gasteiger partial charge in [-0.25, -0.2) is 4.39 Å². The predicted octanol–water partition coefficient (Wildman–Crippen LogP) is 2.52. The number of likely N-dealkylation sites (N-methyl/N-ethyl adjacent to an activating group) is 1. The second kappa shape index (κ2) is 5.34. The molecule has 3 unspecified atom stereocenters. The average Bonchev–Trinajstić information content (AvgIpc) is 2.62. The molecule has 2 heterocycles. The van der Waals surface area contributed by atoms with E-state index < -0.39 is 0 Å². The fourth-order valence-corrected chi connectivity index (χ4v) is 3.78. The molecule has 20 heavy (non-hydrogen) atoms. The number of fused-ring (bicyclic) bond motifs is 2. The van der Waals surface area contributed by atoms with Gasteiger partial charge in [-0.2, -0.15) is 0 Å². The lowest BCUT2D eigenvalue weighted by Gasteiger charge is -2.30. The first-order valence-corrected chi connectivity index (χ1v) is 7.59. The van der Waals surface area contributed by atoms with Crippen LogP contribution >= 0.6 is 0 Å². The number of hydrogen-bond donors (Lipinski definition) is 1. The summed E-state index contributed by atoms with van der Waals surface area (Å²) < 4.78 is 14.1. The Kier molecular flexibility index (Phi) is 3.69. The van der Waals surface area contributed by atoms with Crippen LogP contribution in [0.5, 0.6) is 0 Å². The first kappa shape index (κ1) is 13.8. The molecule has 2 aliphatic heterocycles. The van der Waals surface area contributed by atoms with Crippen LogP contribution in [0.2, 0.25) is 0 Å². The molecule has 0 radical (unpaired) electrons. The van der Waals surface area contributed by atoms with Gasteiger partial charge < -0.3 is 10.6 Å². The van der Waals surface area contributed by atoms with Crippen LogP contribution in [0.3, 0.4) is 0 Å². The van der Waals surface area contributed by atoms with E-state index in [2.05, 4.69) is 16.8 Å². The third kappa shape index (κ3) is 2.31. The Morgan fingerprint density at radius 3 is 2.75 bits per heavy atom. The third-order valence-electron chi connectivity index (χ3n) is 4.97. The molecule has 0 saturated carbocycles. The lowest BCUT2D eigenvalue weighted by Crippen LogP contribution is -2.37. The zero-order chi connectivity index (χ0) is 14.3. The lowest BCUT2D eigenvalue weighted by molar-refractivity contribution is 0.254. The summed E-state index contributed by atoms with van der Waals surface area (Å²) in [5, 5.41) is 0. The Morgan fingerprint density at radius 2 is 2.00 bits per heavy atom. The average molecular weight is 277 g/mol. The van der Waals surface area contributed by atoms with E-state index >= 15 is 0 Å². The van der Waals surface area contributed by atoms with E-state index in [4.69, 9.17) is 5.73 Å². The summed E-state index contributed by atoms with van der Waals surface area (Å²) in [5.41, 5.74) is 7.63. The minimum Gasteiger partial charge on any atom is -0.370 e. The van der Waals surface area contributed by atoms with Crippen molar-refractivity contribution in [3.63, 3.8) is 0 Å². The Hall–Kier alpha value is -1.13. The molecule has 0 spiro atoms. The molecule has 1 aromatic carbocycles. The van der Waals surface area contributed by atoms with Crippen molar-refractivity contribution in [1.82, 2.24) is 4.90 Å². The van der Waals surface area contributed by atoms with Gasteiger partial charge in [-0.15, -0.1) is 0 Å². The van der Waals surface area contributed by atoms with Gasteiger partial charge >= 0.3 is 0 Å². The van der Waals surface area contributed by atoms with Crippen LogP contribution in [-0.4, -0.2) is 37.1 Å². The van der Waals surface area contributed by atoms with Crippen molar-refractivity contribution in [3.8, 4) is 0 Å². The third-order valence-corrected chi connectivity index (χ3v) is 4.97. The van der Waals surface area contributed by atoms with Crippen molar-refractivity contribution < 1.29 is 4.39 Å². The number of nitrogens with zero attached hydrogens (tertiary/aromatic N) is 2. The minimum atomic E-state index is -0.274. The molecular formula is C16H24FN3. The van der Waals surface area contributed by atoms with Gasteiger partial charge in [-0.3, -0.25) is 4.90 Å². The lowest BCUT2D eigenvalue weighted by atomic mass is 10.0. The fourth-order valence-electron chi connectivity index (χ4n) is 3.78. The molecule has 2 N–H and O–H groups in total. The molecule has 2 aliphatic rings. The zero-order valence-electron chi connectivity index (χ0n) is 12.3. The van der Waals surface area contributed by atoms with Gasteiger partial charge in [0, 0.05) is 42.5 Å². The first-order chi connectivity index (χ1) is 9.58. The summed E-state index contributed by atoms with van der Waals surface area (Å²) in [6.45, 7) is 3.84. The summed E-state index contributed by atoms with van der Waals surface area (Å²) in [6, 6.07) is 6.33. The molecule has 110 valence electrons. The number of anilines is 1. The van der Waals surface area contributed by atoms with Gasteiger partial charge in [-0.1, -0.05) is 6.07 Å². The second-order valence-electron chi connectivity index (χ2n) is 6.25. The molecule has 3 rings (SSSR count). The largest absolute Gasteiger partial charge is 0.370 e. The van der Waals surface area contributed by atoms with Crippen LogP contribution in [0.1, 0.15) is 37.8 Å². The van der Waals surface area contributed by atoms with Gasteiger partial charge in [0.05, 0.1) is 0 Å². The molecule has 4 heteroatoms. The summed E-state index contributed by atoms with van der Waals surface area (Å²) in [4.78, 5) is 4.84. The Labute approximate surface area is 120 Å². The van der Waals surface area contributed by atoms with Crippen molar-refractivity contribution in [1.29, 1.82) is 0 Å². The summed E-state index contributed by atoms with van der Waals surface area (Å²) >= 11 is 0. The smallest absolute Gasteiger partial charge is 0.130 e. The Bertz CT molecular complexity index is 489. The first-order valence-electron chi connectivity index (χ1n) is 7.59. The molecule has 0 aliphatic carbocycles. The SMILES string of the molecule is CC(N)c1c(F)cccc1N1CCC2CCC(C1)N2C. The normalized spacial score (nSPS) is 28.5. The van der Waals surface area contributed by atoms with Crippen molar-refractivity contribution in [3.05, 3.63) is 29.6 Å². The fraction of sp³-hybridized carbons (Fsp3) is 0.625. The highest BCUT2D eigenvalue weighted by Crippen LogP contribution is 2.34. The maximum Gasteiger partial charge on any atom is 0.130 e. The molecular weight excluding hydrogens is 253 g/mol. The highest BCUT2D eigenvalue weighted by Gasteiger charge is 2.35. The quantitative estimate of drug-likeness (QED) is 0.901. The van der Waals surface area contributed by atoms with Crippen molar-refractivity contribution in [2.45, 2.75) is 44.3 Å². The maximum absolute atomic E-state index is 14.1. The van der Waals surface area contributed by atoms with Crippen LogP contribution in [0.15, 0.2) is 18.2 Å². The molecule has 2 bridgehead atoms. The maximum atomic E-state index is 14.1. The van der Waals surface area contributed by atoms with Crippen LogP contribution in [0.25, 0.3) is 0 Å². The molecule has 3 atom stereocenters. The van der Waals surface area contributed by atoms with Gasteiger partial charge in [0.1, 0.15) is 5.82 Å². The number of nitrogens with two attached hydrogens (primary N) is 1. The van der Waals surface area contributed by atoms with Crippen molar-refractivity contribution in [2.24, 2.45) is 5.73 Å². The molecule has 0 aromatic heterocycles. The highest BCUT2D eigenvalue weighted by molar-refractivity contribution is 5.56. The molecule has 2 fully saturated rings. The van der Waals surface area contributed by atoms with E-state index in [0.717, 1.165) is 25.2 Å². The van der Waals surface area contributed by atoms with Crippen molar-refractivity contribution >= 4 is 5.69 Å². The topological polar surface area (TPSA) is 32.5 Å². The van der Waals surface area contributed by atoms with E-state index in [-0.39, 0.29) is 11.9 Å².